The summed E-state index contributed by atoms with van der Waals surface area (Å²) in [6.45, 7) is 5.32. The van der Waals surface area contributed by atoms with Crippen molar-refractivity contribution in [2.24, 2.45) is 0 Å². The van der Waals surface area contributed by atoms with Gasteiger partial charge in [0.2, 0.25) is 11.8 Å². The van der Waals surface area contributed by atoms with E-state index in [1.54, 1.807) is 0 Å². The van der Waals surface area contributed by atoms with Gasteiger partial charge in [0.15, 0.2) is 0 Å². The SMILES string of the molecule is CC(=O)N(CC(=O)Nc1ccc(N(C)C)cc1)C(C)C. The van der Waals surface area contributed by atoms with Gasteiger partial charge in [-0.25, -0.2) is 0 Å². The smallest absolute Gasteiger partial charge is 0.244 e. The molecule has 0 aromatic heterocycles. The number of nitrogens with zero attached hydrogens (tertiary/aromatic N) is 2. The first-order valence-electron chi connectivity index (χ1n) is 6.65. The molecule has 1 aromatic carbocycles. The number of nitrogens with one attached hydrogen (secondary N) is 1. The number of amides is 2. The first-order chi connectivity index (χ1) is 9.31. The summed E-state index contributed by atoms with van der Waals surface area (Å²) in [7, 11) is 3.92. The quantitative estimate of drug-likeness (QED) is 0.895. The highest BCUT2D eigenvalue weighted by Gasteiger charge is 2.16. The molecule has 0 unspecified atom stereocenters. The Morgan fingerprint density at radius 1 is 1.15 bits per heavy atom. The standard InChI is InChI=1S/C15H23N3O2/c1-11(2)18(12(3)19)10-15(20)16-13-6-8-14(9-7-13)17(4)5/h6-9,11H,10H2,1-5H3,(H,16,20). The number of hydrogen-bond donors (Lipinski definition) is 1. The molecule has 0 atom stereocenters. The van der Waals surface area contributed by atoms with Gasteiger partial charge in [-0.15, -0.1) is 0 Å². The normalized spacial score (nSPS) is 10.3. The van der Waals surface area contributed by atoms with Crippen molar-refractivity contribution in [2.45, 2.75) is 26.8 Å². The predicted molar refractivity (Wildman–Crippen MR) is 81.9 cm³/mol. The van der Waals surface area contributed by atoms with Crippen molar-refractivity contribution in [3.8, 4) is 0 Å². The molecule has 0 bridgehead atoms. The third-order valence-electron chi connectivity index (χ3n) is 3.01. The van der Waals surface area contributed by atoms with E-state index in [0.717, 1.165) is 11.4 Å². The summed E-state index contributed by atoms with van der Waals surface area (Å²) in [5.74, 6) is -0.287. The molecule has 0 aliphatic heterocycles. The van der Waals surface area contributed by atoms with Crippen LogP contribution in [0.3, 0.4) is 0 Å². The lowest BCUT2D eigenvalue weighted by atomic mass is 10.2. The molecular weight excluding hydrogens is 254 g/mol. The summed E-state index contributed by atoms with van der Waals surface area (Å²) in [5, 5.41) is 2.80. The average molecular weight is 277 g/mol. The minimum atomic E-state index is -0.188. The molecule has 5 heteroatoms. The van der Waals surface area contributed by atoms with Gasteiger partial charge >= 0.3 is 0 Å². The van der Waals surface area contributed by atoms with E-state index in [2.05, 4.69) is 5.32 Å². The zero-order valence-electron chi connectivity index (χ0n) is 12.8. The highest BCUT2D eigenvalue weighted by atomic mass is 16.2. The van der Waals surface area contributed by atoms with Crippen molar-refractivity contribution in [3.63, 3.8) is 0 Å². The van der Waals surface area contributed by atoms with E-state index in [4.69, 9.17) is 0 Å². The van der Waals surface area contributed by atoms with Crippen LogP contribution >= 0.6 is 0 Å². The Kier molecular flexibility index (Phi) is 5.55. The van der Waals surface area contributed by atoms with Crippen molar-refractivity contribution in [3.05, 3.63) is 24.3 Å². The molecule has 0 aliphatic rings. The van der Waals surface area contributed by atoms with Crippen LogP contribution in [0.2, 0.25) is 0 Å². The van der Waals surface area contributed by atoms with E-state index in [0.29, 0.717) is 0 Å². The van der Waals surface area contributed by atoms with E-state index in [1.165, 1.54) is 11.8 Å². The monoisotopic (exact) mass is 277 g/mol. The maximum atomic E-state index is 11.9. The van der Waals surface area contributed by atoms with Gasteiger partial charge in [-0.2, -0.15) is 0 Å². The Bertz CT molecular complexity index is 467. The zero-order chi connectivity index (χ0) is 15.3. The summed E-state index contributed by atoms with van der Waals surface area (Å²) in [6.07, 6.45) is 0. The molecule has 0 fully saturated rings. The highest BCUT2D eigenvalue weighted by molar-refractivity contribution is 5.94. The fourth-order valence-electron chi connectivity index (χ4n) is 1.86. The Morgan fingerprint density at radius 3 is 2.10 bits per heavy atom. The minimum absolute atomic E-state index is 0.00867. The first-order valence-corrected chi connectivity index (χ1v) is 6.65. The van der Waals surface area contributed by atoms with E-state index in [9.17, 15) is 9.59 Å². The van der Waals surface area contributed by atoms with Crippen LogP contribution in [0.25, 0.3) is 0 Å². The van der Waals surface area contributed by atoms with Gasteiger partial charge in [-0.1, -0.05) is 0 Å². The van der Waals surface area contributed by atoms with Gasteiger partial charge in [-0.3, -0.25) is 9.59 Å². The molecule has 1 aromatic rings. The fraction of sp³-hybridized carbons (Fsp3) is 0.467. The van der Waals surface area contributed by atoms with Crippen molar-refractivity contribution in [2.75, 3.05) is 30.9 Å². The van der Waals surface area contributed by atoms with Crippen molar-refractivity contribution in [1.29, 1.82) is 0 Å². The topological polar surface area (TPSA) is 52.7 Å². The molecule has 0 spiro atoms. The number of anilines is 2. The van der Waals surface area contributed by atoms with Gasteiger partial charge in [0.05, 0.1) is 0 Å². The number of benzene rings is 1. The number of hydrogen-bond acceptors (Lipinski definition) is 3. The molecule has 20 heavy (non-hydrogen) atoms. The third-order valence-corrected chi connectivity index (χ3v) is 3.01. The van der Waals surface area contributed by atoms with E-state index >= 15 is 0 Å². The van der Waals surface area contributed by atoms with Crippen LogP contribution in [0.5, 0.6) is 0 Å². The van der Waals surface area contributed by atoms with Crippen LogP contribution in [0.1, 0.15) is 20.8 Å². The van der Waals surface area contributed by atoms with Gasteiger partial charge in [0.1, 0.15) is 6.54 Å². The van der Waals surface area contributed by atoms with Crippen LogP contribution < -0.4 is 10.2 Å². The Hall–Kier alpha value is -2.04. The lowest BCUT2D eigenvalue weighted by Gasteiger charge is -2.24. The second-order valence-corrected chi connectivity index (χ2v) is 5.23. The van der Waals surface area contributed by atoms with Crippen LogP contribution in [-0.2, 0) is 9.59 Å². The first kappa shape index (κ1) is 16.0. The Morgan fingerprint density at radius 2 is 1.70 bits per heavy atom. The Labute approximate surface area is 120 Å². The maximum Gasteiger partial charge on any atom is 0.244 e. The number of rotatable bonds is 5. The molecule has 0 saturated heterocycles. The van der Waals surface area contributed by atoms with Crippen LogP contribution in [0.4, 0.5) is 11.4 Å². The third kappa shape index (κ3) is 4.57. The van der Waals surface area contributed by atoms with E-state index in [-0.39, 0.29) is 24.4 Å². The molecular formula is C15H23N3O2. The van der Waals surface area contributed by atoms with Crippen LogP contribution in [0, 0.1) is 0 Å². The zero-order valence-corrected chi connectivity index (χ0v) is 12.8. The number of carbonyl (C=O) groups is 2. The van der Waals surface area contributed by atoms with E-state index in [1.807, 2.05) is 57.1 Å². The maximum absolute atomic E-state index is 11.9. The van der Waals surface area contributed by atoms with E-state index < -0.39 is 0 Å². The van der Waals surface area contributed by atoms with Crippen LogP contribution in [-0.4, -0.2) is 43.4 Å². The van der Waals surface area contributed by atoms with Crippen molar-refractivity contribution < 1.29 is 9.59 Å². The molecule has 1 rings (SSSR count). The Balaban J connectivity index is 2.64. The summed E-state index contributed by atoms with van der Waals surface area (Å²) in [5.41, 5.74) is 1.79. The van der Waals surface area contributed by atoms with Gasteiger partial charge in [0.25, 0.3) is 0 Å². The fourth-order valence-corrected chi connectivity index (χ4v) is 1.86. The van der Waals surface area contributed by atoms with Gasteiger partial charge in [-0.05, 0) is 38.1 Å². The number of carbonyl (C=O) groups excluding carboxylic acids is 2. The average Bonchev–Trinajstić information content (AvgIpc) is 2.35. The predicted octanol–water partition coefficient (Wildman–Crippen LogP) is 1.95. The highest BCUT2D eigenvalue weighted by Crippen LogP contribution is 2.15. The summed E-state index contributed by atoms with van der Waals surface area (Å²) < 4.78 is 0. The second kappa shape index (κ2) is 6.93. The molecule has 0 radical (unpaired) electrons. The summed E-state index contributed by atoms with van der Waals surface area (Å²) >= 11 is 0. The lowest BCUT2D eigenvalue weighted by molar-refractivity contribution is -0.134. The second-order valence-electron chi connectivity index (χ2n) is 5.23. The molecule has 5 nitrogen and oxygen atoms in total. The molecule has 0 heterocycles. The van der Waals surface area contributed by atoms with Crippen molar-refractivity contribution in [1.82, 2.24) is 4.90 Å². The molecule has 0 saturated carbocycles. The summed E-state index contributed by atoms with van der Waals surface area (Å²) in [6, 6.07) is 7.57. The molecule has 110 valence electrons. The lowest BCUT2D eigenvalue weighted by Crippen LogP contribution is -2.41. The minimum Gasteiger partial charge on any atom is -0.378 e. The summed E-state index contributed by atoms with van der Waals surface area (Å²) in [4.78, 5) is 26.9. The molecule has 2 amide bonds. The van der Waals surface area contributed by atoms with Gasteiger partial charge in [0, 0.05) is 38.4 Å². The van der Waals surface area contributed by atoms with Crippen molar-refractivity contribution >= 4 is 23.2 Å². The molecule has 0 aliphatic carbocycles. The largest absolute Gasteiger partial charge is 0.378 e. The molecule has 1 N–H and O–H groups in total. The van der Waals surface area contributed by atoms with Gasteiger partial charge < -0.3 is 15.1 Å². The van der Waals surface area contributed by atoms with Crippen LogP contribution in [0.15, 0.2) is 24.3 Å².